The monoisotopic (exact) mass is 274 g/mol. The van der Waals surface area contributed by atoms with Crippen LogP contribution in [0.4, 0.5) is 0 Å². The number of hydrogen-bond acceptors (Lipinski definition) is 3. The fourth-order valence-electron chi connectivity index (χ4n) is 3.48. The smallest absolute Gasteiger partial charge is 0.119 e. The lowest BCUT2D eigenvalue weighted by atomic mass is 9.83. The van der Waals surface area contributed by atoms with E-state index in [0.717, 1.165) is 24.6 Å². The summed E-state index contributed by atoms with van der Waals surface area (Å²) in [6.45, 7) is 4.61. The molecular formula is C17H26N2O. The number of nitrogens with zero attached hydrogens (tertiary/aromatic N) is 1. The zero-order valence-corrected chi connectivity index (χ0v) is 12.6. The average molecular weight is 274 g/mol. The number of methoxy groups -OCH3 is 1. The Morgan fingerprint density at radius 2 is 2.10 bits per heavy atom. The molecule has 1 aromatic carbocycles. The highest BCUT2D eigenvalue weighted by atomic mass is 16.5. The van der Waals surface area contributed by atoms with Gasteiger partial charge in [0.15, 0.2) is 0 Å². The maximum atomic E-state index is 6.57. The zero-order valence-electron chi connectivity index (χ0n) is 12.6. The van der Waals surface area contributed by atoms with Crippen LogP contribution >= 0.6 is 0 Å². The lowest BCUT2D eigenvalue weighted by Crippen LogP contribution is -2.46. The van der Waals surface area contributed by atoms with E-state index < -0.39 is 0 Å². The van der Waals surface area contributed by atoms with Crippen LogP contribution in [0.3, 0.4) is 0 Å². The lowest BCUT2D eigenvalue weighted by molar-refractivity contribution is 0.156. The Morgan fingerprint density at radius 1 is 1.30 bits per heavy atom. The van der Waals surface area contributed by atoms with Gasteiger partial charge in [0, 0.05) is 18.6 Å². The van der Waals surface area contributed by atoms with Gasteiger partial charge in [-0.05, 0) is 61.4 Å². The Kier molecular flexibility index (Phi) is 3.99. The van der Waals surface area contributed by atoms with E-state index in [-0.39, 0.29) is 6.04 Å². The Hall–Kier alpha value is -1.06. The van der Waals surface area contributed by atoms with Crippen LogP contribution in [-0.2, 0) is 6.42 Å². The third-order valence-corrected chi connectivity index (χ3v) is 4.90. The summed E-state index contributed by atoms with van der Waals surface area (Å²) in [6.07, 6.45) is 5.10. The molecule has 0 saturated heterocycles. The molecule has 0 heterocycles. The van der Waals surface area contributed by atoms with E-state index in [9.17, 15) is 0 Å². The summed E-state index contributed by atoms with van der Waals surface area (Å²) in [6, 6.07) is 7.00. The predicted molar refractivity (Wildman–Crippen MR) is 82.0 cm³/mol. The van der Waals surface area contributed by atoms with Crippen molar-refractivity contribution < 1.29 is 4.74 Å². The second-order valence-electron chi connectivity index (χ2n) is 6.23. The fourth-order valence-corrected chi connectivity index (χ4v) is 3.48. The van der Waals surface area contributed by atoms with Crippen LogP contribution in [0.1, 0.15) is 43.4 Å². The molecule has 1 fully saturated rings. The molecule has 1 aromatic rings. The van der Waals surface area contributed by atoms with Crippen LogP contribution in [0.2, 0.25) is 0 Å². The standard InChI is InChI=1S/C17H26N2O/c1-3-19(11-12-4-5-12)16-9-6-13-10-14(20-2)7-8-15(13)17(16)18/h7-8,10,12,16-17H,3-6,9,11,18H2,1-2H3. The van der Waals surface area contributed by atoms with Crippen LogP contribution in [0.5, 0.6) is 5.75 Å². The normalized spacial score (nSPS) is 25.6. The van der Waals surface area contributed by atoms with Crippen LogP contribution in [0.25, 0.3) is 0 Å². The van der Waals surface area contributed by atoms with E-state index in [1.165, 1.54) is 36.9 Å². The molecule has 0 radical (unpaired) electrons. The van der Waals surface area contributed by atoms with Gasteiger partial charge in [0.2, 0.25) is 0 Å². The minimum Gasteiger partial charge on any atom is -0.497 e. The molecule has 0 bridgehead atoms. The molecular weight excluding hydrogens is 248 g/mol. The molecule has 2 aliphatic carbocycles. The highest BCUT2D eigenvalue weighted by molar-refractivity contribution is 5.40. The molecule has 0 aromatic heterocycles. The number of hydrogen-bond donors (Lipinski definition) is 1. The summed E-state index contributed by atoms with van der Waals surface area (Å²) in [4.78, 5) is 2.61. The number of nitrogens with two attached hydrogens (primary N) is 1. The molecule has 3 nitrogen and oxygen atoms in total. The summed E-state index contributed by atoms with van der Waals surface area (Å²) in [7, 11) is 1.72. The lowest BCUT2D eigenvalue weighted by Gasteiger charge is -2.39. The molecule has 110 valence electrons. The molecule has 3 heteroatoms. The Balaban J connectivity index is 1.78. The molecule has 2 N–H and O–H groups in total. The Labute approximate surface area is 122 Å². The minimum absolute atomic E-state index is 0.142. The van der Waals surface area contributed by atoms with Crippen molar-refractivity contribution in [3.05, 3.63) is 29.3 Å². The number of likely N-dealkylation sites (N-methyl/N-ethyl adjacent to an activating group) is 1. The first kappa shape index (κ1) is 13.9. The van der Waals surface area contributed by atoms with Gasteiger partial charge in [0.25, 0.3) is 0 Å². The van der Waals surface area contributed by atoms with Crippen molar-refractivity contribution in [3.8, 4) is 5.75 Å². The van der Waals surface area contributed by atoms with E-state index in [1.807, 2.05) is 6.07 Å². The zero-order chi connectivity index (χ0) is 14.1. The molecule has 2 aliphatic rings. The number of rotatable bonds is 5. The number of aryl methyl sites for hydroxylation is 1. The molecule has 3 rings (SSSR count). The van der Waals surface area contributed by atoms with Gasteiger partial charge in [-0.2, -0.15) is 0 Å². The topological polar surface area (TPSA) is 38.5 Å². The molecule has 0 aliphatic heterocycles. The summed E-state index contributed by atoms with van der Waals surface area (Å²) in [5, 5.41) is 0. The van der Waals surface area contributed by atoms with Crippen molar-refractivity contribution in [2.24, 2.45) is 11.7 Å². The summed E-state index contributed by atoms with van der Waals surface area (Å²) in [5.41, 5.74) is 9.26. The SMILES string of the molecule is CCN(CC1CC1)C1CCc2cc(OC)ccc2C1N. The first-order chi connectivity index (χ1) is 9.72. The van der Waals surface area contributed by atoms with Gasteiger partial charge in [-0.3, -0.25) is 4.90 Å². The average Bonchev–Trinajstić information content (AvgIpc) is 3.29. The van der Waals surface area contributed by atoms with Gasteiger partial charge < -0.3 is 10.5 Å². The van der Waals surface area contributed by atoms with Gasteiger partial charge in [-0.25, -0.2) is 0 Å². The fraction of sp³-hybridized carbons (Fsp3) is 0.647. The van der Waals surface area contributed by atoms with Crippen LogP contribution < -0.4 is 10.5 Å². The maximum absolute atomic E-state index is 6.57. The van der Waals surface area contributed by atoms with Crippen molar-refractivity contribution in [1.82, 2.24) is 4.90 Å². The number of ether oxygens (including phenoxy) is 1. The number of fused-ring (bicyclic) bond motifs is 1. The largest absolute Gasteiger partial charge is 0.497 e. The van der Waals surface area contributed by atoms with E-state index >= 15 is 0 Å². The number of benzene rings is 1. The second kappa shape index (κ2) is 5.74. The Bertz CT molecular complexity index is 470. The maximum Gasteiger partial charge on any atom is 0.119 e. The van der Waals surface area contributed by atoms with Gasteiger partial charge in [0.05, 0.1) is 7.11 Å². The molecule has 2 atom stereocenters. The molecule has 20 heavy (non-hydrogen) atoms. The van der Waals surface area contributed by atoms with Crippen LogP contribution in [-0.4, -0.2) is 31.1 Å². The van der Waals surface area contributed by atoms with Crippen molar-refractivity contribution in [2.45, 2.75) is 44.7 Å². The van der Waals surface area contributed by atoms with Crippen molar-refractivity contribution >= 4 is 0 Å². The third-order valence-electron chi connectivity index (χ3n) is 4.90. The molecule has 0 amide bonds. The van der Waals surface area contributed by atoms with Gasteiger partial charge in [0.1, 0.15) is 5.75 Å². The quantitative estimate of drug-likeness (QED) is 0.897. The van der Waals surface area contributed by atoms with Crippen LogP contribution in [0.15, 0.2) is 18.2 Å². The van der Waals surface area contributed by atoms with E-state index in [1.54, 1.807) is 7.11 Å². The van der Waals surface area contributed by atoms with Gasteiger partial charge in [-0.1, -0.05) is 13.0 Å². The minimum atomic E-state index is 0.142. The summed E-state index contributed by atoms with van der Waals surface area (Å²) in [5.74, 6) is 1.87. The van der Waals surface area contributed by atoms with Crippen molar-refractivity contribution in [3.63, 3.8) is 0 Å². The third kappa shape index (κ3) is 2.70. The highest BCUT2D eigenvalue weighted by Gasteiger charge is 2.33. The molecule has 1 saturated carbocycles. The van der Waals surface area contributed by atoms with Gasteiger partial charge >= 0.3 is 0 Å². The molecule has 2 unspecified atom stereocenters. The van der Waals surface area contributed by atoms with Crippen LogP contribution in [0, 0.1) is 5.92 Å². The van der Waals surface area contributed by atoms with Crippen molar-refractivity contribution in [1.29, 1.82) is 0 Å². The first-order valence-corrected chi connectivity index (χ1v) is 7.89. The predicted octanol–water partition coefficient (Wildman–Crippen LogP) is 2.74. The summed E-state index contributed by atoms with van der Waals surface area (Å²) < 4.78 is 5.32. The second-order valence-corrected chi connectivity index (χ2v) is 6.23. The van der Waals surface area contributed by atoms with E-state index in [0.29, 0.717) is 6.04 Å². The molecule has 0 spiro atoms. The van der Waals surface area contributed by atoms with Gasteiger partial charge in [-0.15, -0.1) is 0 Å². The van der Waals surface area contributed by atoms with E-state index in [4.69, 9.17) is 10.5 Å². The van der Waals surface area contributed by atoms with Crippen molar-refractivity contribution in [2.75, 3.05) is 20.2 Å². The Morgan fingerprint density at radius 3 is 2.75 bits per heavy atom. The summed E-state index contributed by atoms with van der Waals surface area (Å²) >= 11 is 0. The highest BCUT2D eigenvalue weighted by Crippen LogP contribution is 2.36. The van der Waals surface area contributed by atoms with E-state index in [2.05, 4.69) is 24.0 Å². The first-order valence-electron chi connectivity index (χ1n) is 7.89.